The van der Waals surface area contributed by atoms with Gasteiger partial charge >= 0.3 is 6.09 Å². The first-order chi connectivity index (χ1) is 18.5. The molecule has 0 saturated carbocycles. The van der Waals surface area contributed by atoms with E-state index in [1.165, 1.54) is 6.08 Å². The van der Waals surface area contributed by atoms with Crippen molar-refractivity contribution < 1.29 is 34.1 Å². The van der Waals surface area contributed by atoms with Crippen molar-refractivity contribution >= 4 is 17.7 Å². The van der Waals surface area contributed by atoms with E-state index in [4.69, 9.17) is 19.4 Å². The van der Waals surface area contributed by atoms with Gasteiger partial charge in [-0.3, -0.25) is 15.3 Å². The number of ether oxygens (including phenoxy) is 3. The SMILES string of the molecule is Cc1ccc(NC(=O)O[C@H](c2ccccc2OCCO)[C@@H](CC/C=C/C(=O)NO)Oc2ccccc2)cc1. The molecule has 0 heterocycles. The zero-order chi connectivity index (χ0) is 27.2. The largest absolute Gasteiger partial charge is 0.491 e. The van der Waals surface area contributed by atoms with Gasteiger partial charge in [0.1, 0.15) is 24.2 Å². The van der Waals surface area contributed by atoms with Crippen molar-refractivity contribution in [1.82, 2.24) is 5.48 Å². The molecule has 0 spiro atoms. The molecule has 0 unspecified atom stereocenters. The molecule has 0 aliphatic carbocycles. The van der Waals surface area contributed by atoms with Crippen molar-refractivity contribution in [1.29, 1.82) is 0 Å². The lowest BCUT2D eigenvalue weighted by Crippen LogP contribution is -2.31. The van der Waals surface area contributed by atoms with Gasteiger partial charge in [0, 0.05) is 17.3 Å². The summed E-state index contributed by atoms with van der Waals surface area (Å²) in [7, 11) is 0. The zero-order valence-corrected chi connectivity index (χ0v) is 21.1. The smallest absolute Gasteiger partial charge is 0.412 e. The van der Waals surface area contributed by atoms with Gasteiger partial charge in [-0.1, -0.05) is 60.2 Å². The fourth-order valence-corrected chi connectivity index (χ4v) is 3.68. The summed E-state index contributed by atoms with van der Waals surface area (Å²) in [6.45, 7) is 1.82. The van der Waals surface area contributed by atoms with Crippen LogP contribution in [-0.2, 0) is 9.53 Å². The second-order valence-corrected chi connectivity index (χ2v) is 8.35. The Morgan fingerprint density at radius 1 is 0.974 bits per heavy atom. The molecule has 0 saturated heterocycles. The molecule has 0 fully saturated rings. The molecule has 200 valence electrons. The first kappa shape index (κ1) is 28.2. The molecule has 4 N–H and O–H groups in total. The Labute approximate surface area is 221 Å². The lowest BCUT2D eigenvalue weighted by molar-refractivity contribution is -0.124. The van der Waals surface area contributed by atoms with Gasteiger partial charge in [0.2, 0.25) is 0 Å². The third-order valence-electron chi connectivity index (χ3n) is 5.47. The van der Waals surface area contributed by atoms with Crippen LogP contribution >= 0.6 is 0 Å². The number of aliphatic hydroxyl groups is 1. The van der Waals surface area contributed by atoms with Crippen LogP contribution in [0.3, 0.4) is 0 Å². The number of hydrogen-bond acceptors (Lipinski definition) is 7. The number of hydrogen-bond donors (Lipinski definition) is 4. The molecule has 3 aromatic rings. The summed E-state index contributed by atoms with van der Waals surface area (Å²) in [5, 5.41) is 20.8. The van der Waals surface area contributed by atoms with Gasteiger partial charge in [-0.15, -0.1) is 0 Å². The average molecular weight is 521 g/mol. The third kappa shape index (κ3) is 8.95. The van der Waals surface area contributed by atoms with Gasteiger partial charge < -0.3 is 19.3 Å². The molecule has 9 heteroatoms. The van der Waals surface area contributed by atoms with Gasteiger partial charge in [-0.2, -0.15) is 0 Å². The van der Waals surface area contributed by atoms with Crippen LogP contribution in [0, 0.1) is 6.92 Å². The molecule has 3 rings (SSSR count). The molecule has 0 radical (unpaired) electrons. The molecule has 0 aliphatic rings. The molecular formula is C29H32N2O7. The number of aliphatic hydroxyl groups excluding tert-OH is 1. The highest BCUT2D eigenvalue weighted by molar-refractivity contribution is 5.86. The molecule has 38 heavy (non-hydrogen) atoms. The van der Waals surface area contributed by atoms with E-state index in [0.717, 1.165) is 5.56 Å². The van der Waals surface area contributed by atoms with E-state index in [1.807, 2.05) is 37.3 Å². The number of rotatable bonds is 13. The molecular weight excluding hydrogens is 488 g/mol. The van der Waals surface area contributed by atoms with E-state index in [2.05, 4.69) is 5.32 Å². The van der Waals surface area contributed by atoms with Crippen molar-refractivity contribution in [3.8, 4) is 11.5 Å². The molecule has 0 aromatic heterocycles. The topological polar surface area (TPSA) is 126 Å². The second-order valence-electron chi connectivity index (χ2n) is 8.35. The number of carbonyl (C=O) groups is 2. The Hall–Kier alpha value is -4.34. The monoisotopic (exact) mass is 520 g/mol. The first-order valence-electron chi connectivity index (χ1n) is 12.2. The standard InChI is InChI=1S/C29H32N2O7/c1-21-15-17-22(18-16-21)30-29(34)38-28(24-11-5-6-12-25(24)36-20-19-32)26(13-7-8-14-27(33)31-35)37-23-9-3-2-4-10-23/h2-6,8-12,14-18,26,28,32,35H,7,13,19-20H2,1H3,(H,30,34)(H,31,33)/b14-8+/t26-,28-/m1/s1. The first-order valence-corrected chi connectivity index (χ1v) is 12.2. The van der Waals surface area contributed by atoms with Crippen LogP contribution in [0.5, 0.6) is 11.5 Å². The average Bonchev–Trinajstić information content (AvgIpc) is 2.94. The van der Waals surface area contributed by atoms with E-state index in [0.29, 0.717) is 35.6 Å². The Bertz CT molecular complexity index is 1180. The van der Waals surface area contributed by atoms with Gasteiger partial charge in [0.25, 0.3) is 5.91 Å². The van der Waals surface area contributed by atoms with Crippen LogP contribution in [0.4, 0.5) is 10.5 Å². The lowest BCUT2D eigenvalue weighted by Gasteiger charge is -2.29. The fraction of sp³-hybridized carbons (Fsp3) is 0.241. The lowest BCUT2D eigenvalue weighted by atomic mass is 9.99. The number of aryl methyl sites for hydroxylation is 1. The molecule has 9 nitrogen and oxygen atoms in total. The Balaban J connectivity index is 1.93. The van der Waals surface area contributed by atoms with E-state index in [9.17, 15) is 14.7 Å². The summed E-state index contributed by atoms with van der Waals surface area (Å²) in [5.74, 6) is 0.348. The number of hydroxylamine groups is 1. The minimum atomic E-state index is -0.921. The Morgan fingerprint density at radius 2 is 1.68 bits per heavy atom. The van der Waals surface area contributed by atoms with E-state index < -0.39 is 24.2 Å². The van der Waals surface area contributed by atoms with Gasteiger partial charge in [-0.25, -0.2) is 10.3 Å². The molecule has 0 aliphatic heterocycles. The van der Waals surface area contributed by atoms with E-state index in [1.54, 1.807) is 60.1 Å². The minimum Gasteiger partial charge on any atom is -0.491 e. The van der Waals surface area contributed by atoms with Gasteiger partial charge in [0.15, 0.2) is 6.10 Å². The van der Waals surface area contributed by atoms with Crippen molar-refractivity contribution in [2.45, 2.75) is 32.0 Å². The third-order valence-corrected chi connectivity index (χ3v) is 5.47. The highest BCUT2D eigenvalue weighted by Crippen LogP contribution is 2.34. The van der Waals surface area contributed by atoms with Crippen LogP contribution in [0.1, 0.15) is 30.1 Å². The minimum absolute atomic E-state index is 0.0580. The number of amides is 2. The van der Waals surface area contributed by atoms with Crippen LogP contribution in [0.15, 0.2) is 91.0 Å². The zero-order valence-electron chi connectivity index (χ0n) is 21.1. The summed E-state index contributed by atoms with van der Waals surface area (Å²) in [6, 6.07) is 23.5. The summed E-state index contributed by atoms with van der Waals surface area (Å²) in [6.07, 6.45) is 1.22. The maximum absolute atomic E-state index is 13.1. The quantitative estimate of drug-likeness (QED) is 0.143. The number of anilines is 1. The summed E-state index contributed by atoms with van der Waals surface area (Å²) in [4.78, 5) is 24.5. The maximum Gasteiger partial charge on any atom is 0.412 e. The Kier molecular flexibility index (Phi) is 11.2. The number of carbonyl (C=O) groups excluding carboxylic acids is 2. The second kappa shape index (κ2) is 15.0. The van der Waals surface area contributed by atoms with Crippen molar-refractivity contribution in [3.63, 3.8) is 0 Å². The fourth-order valence-electron chi connectivity index (χ4n) is 3.68. The van der Waals surface area contributed by atoms with Crippen LogP contribution < -0.4 is 20.3 Å². The van der Waals surface area contributed by atoms with Gasteiger partial charge in [0.05, 0.1) is 6.61 Å². The summed E-state index contributed by atoms with van der Waals surface area (Å²) < 4.78 is 18.0. The van der Waals surface area contributed by atoms with Crippen molar-refractivity contribution in [2.75, 3.05) is 18.5 Å². The highest BCUT2D eigenvalue weighted by Gasteiger charge is 2.31. The van der Waals surface area contributed by atoms with Crippen LogP contribution in [0.2, 0.25) is 0 Å². The number of benzene rings is 3. The Morgan fingerprint density at radius 3 is 2.39 bits per heavy atom. The predicted octanol–water partition coefficient (Wildman–Crippen LogP) is 4.95. The number of nitrogens with one attached hydrogen (secondary N) is 2. The molecule has 3 aromatic carbocycles. The van der Waals surface area contributed by atoms with Crippen molar-refractivity contribution in [2.24, 2.45) is 0 Å². The van der Waals surface area contributed by atoms with Gasteiger partial charge in [-0.05, 0) is 50.1 Å². The van der Waals surface area contributed by atoms with Crippen LogP contribution in [-0.4, -0.2) is 41.6 Å². The predicted molar refractivity (Wildman–Crippen MR) is 142 cm³/mol. The number of para-hydroxylation sites is 2. The molecule has 0 bridgehead atoms. The van der Waals surface area contributed by atoms with E-state index in [-0.39, 0.29) is 13.2 Å². The summed E-state index contributed by atoms with van der Waals surface area (Å²) in [5.41, 5.74) is 3.73. The van der Waals surface area contributed by atoms with E-state index >= 15 is 0 Å². The normalized spacial score (nSPS) is 12.4. The highest BCUT2D eigenvalue weighted by atomic mass is 16.6. The van der Waals surface area contributed by atoms with Crippen molar-refractivity contribution in [3.05, 3.63) is 102 Å². The number of allylic oxidation sites excluding steroid dienone is 1. The molecule has 2 amide bonds. The van der Waals surface area contributed by atoms with Crippen LogP contribution in [0.25, 0.3) is 0 Å². The summed E-state index contributed by atoms with van der Waals surface area (Å²) >= 11 is 0. The molecule has 2 atom stereocenters. The maximum atomic E-state index is 13.1.